The van der Waals surface area contributed by atoms with Crippen LogP contribution < -0.4 is 19.8 Å². The number of nitrogens with one attached hydrogen (secondary N) is 1. The minimum atomic E-state index is -0.537. The maximum atomic E-state index is 12.5. The van der Waals surface area contributed by atoms with Crippen LogP contribution in [0.1, 0.15) is 11.5 Å². The summed E-state index contributed by atoms with van der Waals surface area (Å²) >= 11 is 7.56. The molecule has 32 heavy (non-hydrogen) atoms. The maximum absolute atomic E-state index is 12.5. The molecule has 0 bridgehead atoms. The quantitative estimate of drug-likeness (QED) is 0.430. The van der Waals surface area contributed by atoms with E-state index in [1.165, 1.54) is 16.4 Å². The lowest BCUT2D eigenvalue weighted by Crippen LogP contribution is -2.42. The van der Waals surface area contributed by atoms with Crippen LogP contribution in [0.25, 0.3) is 5.69 Å². The molecule has 162 valence electrons. The predicted molar refractivity (Wildman–Crippen MR) is 116 cm³/mol. The average Bonchev–Trinajstić information content (AvgIpc) is 3.41. The Morgan fingerprint density at radius 1 is 1.22 bits per heavy atom. The van der Waals surface area contributed by atoms with E-state index >= 15 is 0 Å². The van der Waals surface area contributed by atoms with Crippen molar-refractivity contribution in [2.75, 3.05) is 12.9 Å². The van der Waals surface area contributed by atoms with Crippen LogP contribution in [0.5, 0.6) is 11.5 Å². The first-order chi connectivity index (χ1) is 15.6. The molecule has 2 aromatic heterocycles. The van der Waals surface area contributed by atoms with Gasteiger partial charge in [-0.1, -0.05) is 35.5 Å². The van der Waals surface area contributed by atoms with Gasteiger partial charge in [-0.3, -0.25) is 4.52 Å². The van der Waals surface area contributed by atoms with Gasteiger partial charge < -0.3 is 9.47 Å². The molecular formula is C20H16ClN6O4S+. The summed E-state index contributed by atoms with van der Waals surface area (Å²) in [4.78, 5) is 12.5. The predicted octanol–water partition coefficient (Wildman–Crippen LogP) is 2.44. The Kier molecular flexibility index (Phi) is 5.41. The summed E-state index contributed by atoms with van der Waals surface area (Å²) in [6, 6.07) is 14.3. The summed E-state index contributed by atoms with van der Waals surface area (Å²) in [5.74, 6) is 2.12. The van der Waals surface area contributed by atoms with E-state index in [4.69, 9.17) is 25.6 Å². The minimum Gasteiger partial charge on any atom is -0.497 e. The molecule has 0 atom stereocenters. The molecule has 1 aliphatic heterocycles. The molecule has 4 aromatic rings. The molecule has 0 amide bonds. The molecule has 2 aromatic carbocycles. The molecule has 0 aliphatic carbocycles. The highest BCUT2D eigenvalue weighted by atomic mass is 35.5. The number of H-pyrrole nitrogens is 1. The standard InChI is InChI=1S/C20H15ClN6O4S/c1-29-13-8-6-12(7-9-13)26-18(19(28)31-25-26)15-11-32-20-23-22-17(27(20)24-15)10-30-16-5-3-2-4-14(16)21/h2-9H,10-11H2,1H3/p+1. The molecule has 1 N–H and O–H groups in total. The second-order valence-corrected chi connectivity index (χ2v) is 7.98. The number of hydrogen-bond acceptors (Lipinski definition) is 8. The molecule has 10 nitrogen and oxygen atoms in total. The van der Waals surface area contributed by atoms with E-state index in [2.05, 4.69) is 20.6 Å². The van der Waals surface area contributed by atoms with Crippen LogP contribution in [0.4, 0.5) is 0 Å². The fourth-order valence-electron chi connectivity index (χ4n) is 3.11. The summed E-state index contributed by atoms with van der Waals surface area (Å²) in [6.07, 6.45) is 0. The summed E-state index contributed by atoms with van der Waals surface area (Å²) in [5.41, 5.74) is 0.939. The zero-order chi connectivity index (χ0) is 22.1. The van der Waals surface area contributed by atoms with E-state index in [1.54, 1.807) is 48.2 Å². The van der Waals surface area contributed by atoms with Crippen LogP contribution in [0.2, 0.25) is 5.02 Å². The number of methoxy groups -OCH3 is 1. The van der Waals surface area contributed by atoms with E-state index in [-0.39, 0.29) is 12.3 Å². The van der Waals surface area contributed by atoms with Crippen LogP contribution in [-0.4, -0.2) is 38.7 Å². The van der Waals surface area contributed by atoms with Gasteiger partial charge in [0.2, 0.25) is 10.8 Å². The summed E-state index contributed by atoms with van der Waals surface area (Å²) in [7, 11) is 1.59. The number of hydrogen-bond donors (Lipinski definition) is 1. The van der Waals surface area contributed by atoms with Crippen LogP contribution in [0.3, 0.4) is 0 Å². The Balaban J connectivity index is 1.47. The molecule has 0 saturated carbocycles. The van der Waals surface area contributed by atoms with E-state index in [0.29, 0.717) is 44.7 Å². The van der Waals surface area contributed by atoms with E-state index in [1.807, 2.05) is 12.1 Å². The number of benzene rings is 2. The fraction of sp³-hybridized carbons (Fsp3) is 0.150. The van der Waals surface area contributed by atoms with E-state index in [9.17, 15) is 4.79 Å². The normalized spacial score (nSPS) is 12.9. The molecule has 0 unspecified atom stereocenters. The minimum absolute atomic E-state index is 0.105. The third kappa shape index (κ3) is 3.76. The van der Waals surface area contributed by atoms with Crippen molar-refractivity contribution in [3.05, 3.63) is 75.5 Å². The van der Waals surface area contributed by atoms with Gasteiger partial charge in [0.15, 0.2) is 11.5 Å². The monoisotopic (exact) mass is 471 g/mol. The van der Waals surface area contributed by atoms with Crippen LogP contribution >= 0.6 is 23.4 Å². The number of aromatic amines is 1. The number of nitrogens with zero attached hydrogens (tertiary/aromatic N) is 5. The summed E-state index contributed by atoms with van der Waals surface area (Å²) in [6.45, 7) is 0.105. The highest BCUT2D eigenvalue weighted by Crippen LogP contribution is 2.26. The van der Waals surface area contributed by atoms with Gasteiger partial charge in [0.25, 0.3) is 0 Å². The van der Waals surface area contributed by atoms with Crippen molar-refractivity contribution in [2.24, 2.45) is 5.10 Å². The number of fused-ring (bicyclic) bond motifs is 1. The van der Waals surface area contributed by atoms with Gasteiger partial charge in [-0.25, -0.2) is 4.79 Å². The molecule has 5 rings (SSSR count). The van der Waals surface area contributed by atoms with Gasteiger partial charge >= 0.3 is 11.3 Å². The van der Waals surface area contributed by atoms with Crippen molar-refractivity contribution >= 4 is 29.1 Å². The second-order valence-electron chi connectivity index (χ2n) is 6.63. The first-order valence-electron chi connectivity index (χ1n) is 9.44. The topological polar surface area (TPSA) is 111 Å². The van der Waals surface area contributed by atoms with Crippen molar-refractivity contribution in [3.8, 4) is 17.2 Å². The maximum Gasteiger partial charge on any atom is 0.437 e. The molecule has 0 saturated heterocycles. The van der Waals surface area contributed by atoms with Crippen molar-refractivity contribution < 1.29 is 18.7 Å². The fourth-order valence-corrected chi connectivity index (χ4v) is 4.13. The summed E-state index contributed by atoms with van der Waals surface area (Å²) < 4.78 is 19.1. The number of ether oxygens (including phenoxy) is 2. The first-order valence-corrected chi connectivity index (χ1v) is 10.8. The van der Waals surface area contributed by atoms with Gasteiger partial charge in [0, 0.05) is 12.1 Å². The smallest absolute Gasteiger partial charge is 0.437 e. The Morgan fingerprint density at radius 2 is 2.03 bits per heavy atom. The second kappa shape index (κ2) is 8.52. The lowest BCUT2D eigenvalue weighted by atomic mass is 10.2. The third-order valence-corrected chi connectivity index (χ3v) is 5.92. The summed E-state index contributed by atoms with van der Waals surface area (Å²) in [5, 5.41) is 16.7. The Hall–Kier alpha value is -3.57. The van der Waals surface area contributed by atoms with Gasteiger partial charge in [0.05, 0.1) is 17.9 Å². The van der Waals surface area contributed by atoms with Gasteiger partial charge in [-0.05, 0) is 34.2 Å². The first kappa shape index (κ1) is 20.3. The average molecular weight is 472 g/mol. The van der Waals surface area contributed by atoms with Crippen LogP contribution in [0, 0.1) is 0 Å². The van der Waals surface area contributed by atoms with Crippen molar-refractivity contribution in [2.45, 2.75) is 11.8 Å². The largest absolute Gasteiger partial charge is 0.497 e. The Labute approximate surface area is 190 Å². The third-order valence-electron chi connectivity index (χ3n) is 4.68. The van der Waals surface area contributed by atoms with Crippen molar-refractivity contribution in [3.63, 3.8) is 0 Å². The molecule has 0 spiro atoms. The van der Waals surface area contributed by atoms with Crippen LogP contribution in [-0.2, 0) is 6.61 Å². The number of halogens is 1. The number of thioether (sulfide) groups is 1. The molecule has 0 radical (unpaired) electrons. The molecule has 0 fully saturated rings. The highest BCUT2D eigenvalue weighted by Gasteiger charge is 2.32. The Bertz CT molecular complexity index is 1360. The number of rotatable bonds is 6. The molecule has 3 heterocycles. The number of aromatic nitrogens is 5. The SMILES string of the molecule is COc1ccc(-[n+]2[nH]oc(=O)c2C2=Nn3c(COc4ccccc4Cl)nnc3SC2)cc1. The molecule has 12 heteroatoms. The molecular weight excluding hydrogens is 456 g/mol. The number of para-hydroxylation sites is 1. The zero-order valence-corrected chi connectivity index (χ0v) is 18.3. The van der Waals surface area contributed by atoms with E-state index in [0.717, 1.165) is 0 Å². The highest BCUT2D eigenvalue weighted by molar-refractivity contribution is 7.99. The van der Waals surface area contributed by atoms with Crippen molar-refractivity contribution in [1.82, 2.24) is 20.1 Å². The van der Waals surface area contributed by atoms with Crippen molar-refractivity contribution in [1.29, 1.82) is 0 Å². The van der Waals surface area contributed by atoms with Gasteiger partial charge in [-0.2, -0.15) is 9.78 Å². The lowest BCUT2D eigenvalue weighted by molar-refractivity contribution is -0.671. The van der Waals surface area contributed by atoms with Crippen LogP contribution in [0.15, 0.2) is 68.1 Å². The lowest BCUT2D eigenvalue weighted by Gasteiger charge is -2.11. The molecule has 1 aliphatic rings. The van der Waals surface area contributed by atoms with E-state index < -0.39 is 5.63 Å². The Morgan fingerprint density at radius 3 is 2.81 bits per heavy atom. The zero-order valence-electron chi connectivity index (χ0n) is 16.7. The van der Waals surface area contributed by atoms with Gasteiger partial charge in [0.1, 0.15) is 18.1 Å². The van der Waals surface area contributed by atoms with Gasteiger partial charge in [-0.15, -0.1) is 10.2 Å².